The molecule has 1 saturated carbocycles. The fraction of sp³-hybridized carbons (Fsp3) is 0.128. The van der Waals surface area contributed by atoms with Crippen molar-refractivity contribution >= 4 is 179 Å². The van der Waals surface area contributed by atoms with Crippen LogP contribution in [0, 0.1) is 0 Å². The van der Waals surface area contributed by atoms with Crippen LogP contribution in [0.15, 0.2) is 240 Å². The van der Waals surface area contributed by atoms with Crippen molar-refractivity contribution < 1.29 is 165 Å². The van der Waals surface area contributed by atoms with Gasteiger partial charge in [-0.25, -0.2) is 33.6 Å². The predicted molar refractivity (Wildman–Crippen MR) is 450 cm³/mol. The number of carbonyl (C=O) groups excluding carboxylic acids is 10. The fourth-order valence-electron chi connectivity index (χ4n) is 7.84. The van der Waals surface area contributed by atoms with E-state index in [1.807, 2.05) is 0 Å². The first-order valence-electron chi connectivity index (χ1n) is 34.6. The summed E-state index contributed by atoms with van der Waals surface area (Å²) < 4.78 is 35.6. The molecule has 0 saturated heterocycles. The van der Waals surface area contributed by atoms with Crippen molar-refractivity contribution in [1.29, 1.82) is 0 Å². The molecule has 124 heavy (non-hydrogen) atoms. The smallest absolute Gasteiger partial charge is 0.545 e. The van der Waals surface area contributed by atoms with Crippen LogP contribution in [0.2, 0.25) is 0 Å². The number of carboxylic acids is 7. The molecule has 7 rings (SSSR count). The molecule has 0 unspecified atom stereocenters. The van der Waals surface area contributed by atoms with Crippen LogP contribution in [0.1, 0.15) is 39.0 Å². The number of ether oxygens (including phenoxy) is 1. The van der Waals surface area contributed by atoms with Gasteiger partial charge in [0.25, 0.3) is 16.0 Å². The number of nitrogen functional groups attached to an aromatic ring is 6. The number of nitrogens with two attached hydrogens (primary N) is 8. The van der Waals surface area contributed by atoms with E-state index in [4.69, 9.17) is 103 Å². The summed E-state index contributed by atoms with van der Waals surface area (Å²) in [4.78, 5) is 170. The standard InChI is InChI=1S/C12H14N2O2.C10H9ClN2O3.C10H10N2O6S.C10H10N2O4.C10H16N2O3.C10H10N2O3.C10H9NO4.C6H10N2O3.Na/c1-2-11(15)7-8-12(16)14-10-5-3-9(13)4-6-10;11-8(10(15)16)5-9(14)13-7-3-1-6(12)2-4-7;11-7-2-1-6(5-8(7)19(16,17)18)12-9(13)3-4-10(14)15;11-6-1-3-7(4-2-6)12-9(14)5-8(13)10(15)16;2*11-7-1-3-8(4-2-7)12-9(13)5-6-10(14)15;11-7-1-3-8(4-2-7)15-10(14)6-5-9(12)13;7-3-4-8-5(9)1-2-6(10)11;/h3-8H,2,13H2,1H3,(H,14,16);1-5H,12H2,(H,13,14)(H,15,16);1-5H,11H2,(H,12,13)(H,14,15)(H,16,17,18);1-5,13H,11H2,(H,12,14)(H,15,16);5-8H,1-4,11H2,(H,12,13)(H,14,15);1-6H,11H2,(H,12,13)(H,14,15);1-6H,11H2,(H,12,13);1-2H,3-4,7H2,(H,8,9)(H,10,11);/q;;;;;;;;+1/p-1/b8-7+;8-5+;4-3-;8-5+;3*6-5-;2-1-;. The summed E-state index contributed by atoms with van der Waals surface area (Å²) in [6, 6.07) is 35.9. The number of esters is 1. The van der Waals surface area contributed by atoms with Crippen molar-refractivity contribution in [1.82, 2.24) is 10.6 Å². The van der Waals surface area contributed by atoms with Crippen LogP contribution in [-0.2, 0) is 86.8 Å². The van der Waals surface area contributed by atoms with Gasteiger partial charge in [-0.1, -0.05) is 18.5 Å². The van der Waals surface area contributed by atoms with E-state index in [1.54, 1.807) is 116 Å². The SMILES string of the molecule is CCC(=O)/C=C/C(=O)Nc1ccc(N)cc1.NC1CCC(NC(=O)/C=C\C(=O)O)CC1.NCCNC(=O)/C=C\C(=O)O.Nc1ccc(NC(=O)/C=C(/Cl)C(=O)O)cc1.Nc1ccc(NC(=O)/C=C(/O)C(=O)O)cc1.Nc1ccc(NC(=O)/C=C\C(=O)O)cc1S(=O)(=O)O.Nc1ccc(NC(=O)/C=C\C(=O)[O-])cc1.Nc1ccc(OC(=O)/C=C\C(=O)O)cc1.[Na+]. The van der Waals surface area contributed by atoms with Gasteiger partial charge in [-0.15, -0.1) is 0 Å². The number of aliphatic hydroxyl groups is 1. The quantitative estimate of drug-likeness (QED) is 0.00615. The molecule has 1 fully saturated rings. The van der Waals surface area contributed by atoms with Gasteiger partial charge in [0.2, 0.25) is 41.2 Å². The van der Waals surface area contributed by atoms with Gasteiger partial charge in [-0.3, -0.25) is 42.9 Å². The molecule has 1 aliphatic rings. The maximum Gasteiger partial charge on any atom is 1.00 e. The van der Waals surface area contributed by atoms with Gasteiger partial charge in [0.15, 0.2) is 5.78 Å². The molecule has 0 aromatic heterocycles. The largest absolute Gasteiger partial charge is 1.00 e. The second-order valence-corrected chi connectivity index (χ2v) is 25.3. The zero-order chi connectivity index (χ0) is 93.3. The number of aliphatic carboxylic acids is 7. The monoisotopic (exact) mass is 1770 g/mol. The van der Waals surface area contributed by atoms with E-state index in [1.165, 1.54) is 36.4 Å². The molecule has 6 aromatic carbocycles. The molecule has 656 valence electrons. The zero-order valence-electron chi connectivity index (χ0n) is 65.6. The van der Waals surface area contributed by atoms with Crippen molar-refractivity contribution in [2.75, 3.05) is 74.1 Å². The number of anilines is 11. The third kappa shape index (κ3) is 57.7. The van der Waals surface area contributed by atoms with Crippen LogP contribution < -0.4 is 122 Å². The van der Waals surface area contributed by atoms with Crippen LogP contribution in [0.5, 0.6) is 5.75 Å². The van der Waals surface area contributed by atoms with Crippen molar-refractivity contribution in [3.63, 3.8) is 0 Å². The number of nitrogens with one attached hydrogen (secondary N) is 7. The molecule has 43 nitrogen and oxygen atoms in total. The first-order valence-corrected chi connectivity index (χ1v) is 36.4. The summed E-state index contributed by atoms with van der Waals surface area (Å²) in [5, 5.41) is 85.2. The Morgan fingerprint density at radius 1 is 0.444 bits per heavy atom. The maximum absolute atomic E-state index is 11.3. The minimum atomic E-state index is -4.51. The Morgan fingerprint density at radius 2 is 0.782 bits per heavy atom. The minimum absolute atomic E-state index is 0. The molecule has 1 aliphatic carbocycles. The maximum atomic E-state index is 11.3. The second kappa shape index (κ2) is 61.0. The summed E-state index contributed by atoms with van der Waals surface area (Å²) in [5.74, 6) is -14.4. The summed E-state index contributed by atoms with van der Waals surface area (Å²) in [6.45, 7) is 2.43. The Bertz CT molecular complexity index is 4850. The molecular weight excluding hydrogens is 1690 g/mol. The summed E-state index contributed by atoms with van der Waals surface area (Å²) in [7, 11) is -4.51. The van der Waals surface area contributed by atoms with Gasteiger partial charge in [-0.05, 0) is 177 Å². The average Bonchev–Trinajstić information content (AvgIpc) is 0.823. The third-order valence-electron chi connectivity index (χ3n) is 13.5. The molecule has 46 heteroatoms. The number of hydrogen-bond donors (Lipinski definition) is 23. The van der Waals surface area contributed by atoms with Crippen LogP contribution in [0.25, 0.3) is 0 Å². The first-order chi connectivity index (χ1) is 57.7. The Kier molecular flexibility index (Phi) is 54.5. The molecule has 0 atom stereocenters. The number of halogens is 1. The molecular formula is C78H87ClN15NaO28S. The van der Waals surface area contributed by atoms with Crippen molar-refractivity contribution in [3.05, 3.63) is 235 Å². The minimum Gasteiger partial charge on any atom is -0.545 e. The number of allylic oxidation sites excluding steroid dienone is 1. The normalized spacial score (nSPS) is 12.4. The summed E-state index contributed by atoms with van der Waals surface area (Å²) >= 11 is 5.28. The number of benzene rings is 6. The number of hydrogen-bond acceptors (Lipinski definition) is 29. The summed E-state index contributed by atoms with van der Waals surface area (Å²) in [6.07, 6.45) is 15.9. The second-order valence-electron chi connectivity index (χ2n) is 23.5. The number of carboxylic acid groups (broad SMARTS) is 7. The number of ketones is 1. The van der Waals surface area contributed by atoms with E-state index >= 15 is 0 Å². The van der Waals surface area contributed by atoms with Crippen LogP contribution in [-0.4, -0.2) is 169 Å². The van der Waals surface area contributed by atoms with Crippen molar-refractivity contribution in [2.24, 2.45) is 11.5 Å². The number of aliphatic hydroxyl groups excluding tert-OH is 1. The van der Waals surface area contributed by atoms with E-state index in [9.17, 15) is 90.2 Å². The van der Waals surface area contributed by atoms with E-state index in [0.717, 1.165) is 80.4 Å². The first kappa shape index (κ1) is 111. The van der Waals surface area contributed by atoms with Crippen LogP contribution >= 0.6 is 11.6 Å². The van der Waals surface area contributed by atoms with Gasteiger partial charge in [0.1, 0.15) is 15.7 Å². The Balaban J connectivity index is 0. The van der Waals surface area contributed by atoms with Gasteiger partial charge in [-0.2, -0.15) is 8.42 Å². The molecule has 7 amide bonds. The molecule has 0 bridgehead atoms. The molecule has 0 aliphatic heterocycles. The van der Waals surface area contributed by atoms with Crippen LogP contribution in [0.3, 0.4) is 0 Å². The van der Waals surface area contributed by atoms with E-state index in [-0.39, 0.29) is 70.6 Å². The Hall–Kier alpha value is -15.3. The third-order valence-corrected chi connectivity index (χ3v) is 14.7. The number of amides is 7. The topological polar surface area (TPSA) is 794 Å². The van der Waals surface area contributed by atoms with E-state index in [2.05, 4.69) is 37.2 Å². The Morgan fingerprint density at radius 3 is 1.15 bits per heavy atom. The molecule has 0 spiro atoms. The number of carbonyl (C=O) groups is 16. The Labute approximate surface area is 733 Å². The van der Waals surface area contributed by atoms with Gasteiger partial charge < -0.3 is 133 Å². The fourth-order valence-corrected chi connectivity index (χ4v) is 8.58. The van der Waals surface area contributed by atoms with Gasteiger partial charge in [0, 0.05) is 155 Å². The van der Waals surface area contributed by atoms with E-state index in [0.29, 0.717) is 101 Å². The van der Waals surface area contributed by atoms with Gasteiger partial charge >= 0.3 is 71.3 Å². The van der Waals surface area contributed by atoms with Gasteiger partial charge in [0.05, 0.1) is 17.7 Å². The average molecular weight is 1770 g/mol. The summed E-state index contributed by atoms with van der Waals surface area (Å²) in [5.41, 5.74) is 48.3. The van der Waals surface area contributed by atoms with Crippen molar-refractivity contribution in [3.8, 4) is 5.75 Å². The zero-order valence-corrected chi connectivity index (χ0v) is 69.2. The van der Waals surface area contributed by atoms with Crippen molar-refractivity contribution in [2.45, 2.75) is 56.0 Å². The van der Waals surface area contributed by atoms with Crippen LogP contribution in [0.4, 0.5) is 62.6 Å². The molecule has 0 radical (unpaired) electrons. The molecule has 0 heterocycles. The predicted octanol–water partition coefficient (Wildman–Crippen LogP) is 0.0336. The number of rotatable bonds is 27. The molecule has 6 aromatic rings. The molecule has 31 N–H and O–H groups in total. The van der Waals surface area contributed by atoms with E-state index < -0.39 is 103 Å².